The predicted molar refractivity (Wildman–Crippen MR) is 58.6 cm³/mol. The Hall–Kier alpha value is -1.29. The molecule has 0 saturated heterocycles. The van der Waals surface area contributed by atoms with Gasteiger partial charge < -0.3 is 14.4 Å². The number of allylic oxidation sites excluding steroid dienone is 1. The van der Waals surface area contributed by atoms with Gasteiger partial charge in [0.25, 0.3) is 0 Å². The van der Waals surface area contributed by atoms with Crippen molar-refractivity contribution < 1.29 is 14.4 Å². The number of rotatable bonds is 3. The molecule has 0 radical (unpaired) electrons. The minimum atomic E-state index is -0.583. The van der Waals surface area contributed by atoms with E-state index in [1.54, 1.807) is 6.07 Å². The lowest BCUT2D eigenvalue weighted by Crippen LogP contribution is -2.20. The number of ether oxygens (including phenoxy) is 1. The molecule has 2 atom stereocenters. The number of nitrogens with zero attached hydrogens (tertiary/aromatic N) is 1. The van der Waals surface area contributed by atoms with Crippen LogP contribution in [-0.2, 0) is 10.3 Å². The Morgan fingerprint density at radius 3 is 2.94 bits per heavy atom. The fraction of sp³-hybridized carbons (Fsp3) is 0.583. The van der Waals surface area contributed by atoms with Crippen LogP contribution in [0.5, 0.6) is 0 Å². The summed E-state index contributed by atoms with van der Waals surface area (Å²) in [5.41, 5.74) is 0.294. The van der Waals surface area contributed by atoms with Crippen LogP contribution in [0.3, 0.4) is 0 Å². The second kappa shape index (κ2) is 3.94. The molecule has 1 aromatic heterocycles. The lowest BCUT2D eigenvalue weighted by Gasteiger charge is -2.21. The molecule has 0 aliphatic carbocycles. The van der Waals surface area contributed by atoms with Gasteiger partial charge in [0.2, 0.25) is 0 Å². The summed E-state index contributed by atoms with van der Waals surface area (Å²) in [7, 11) is 0. The van der Waals surface area contributed by atoms with Crippen LogP contribution in [0.1, 0.15) is 51.2 Å². The average Bonchev–Trinajstić information content (AvgIpc) is 2.85. The van der Waals surface area contributed by atoms with E-state index < -0.39 is 11.7 Å². The van der Waals surface area contributed by atoms with Gasteiger partial charge in [0.15, 0.2) is 11.4 Å². The summed E-state index contributed by atoms with van der Waals surface area (Å²) in [6, 6.07) is 1.78. The van der Waals surface area contributed by atoms with Gasteiger partial charge in [-0.05, 0) is 26.3 Å². The Bertz CT molecular complexity index is 410. The van der Waals surface area contributed by atoms with E-state index in [9.17, 15) is 5.11 Å². The molecule has 16 heavy (non-hydrogen) atoms. The highest BCUT2D eigenvalue weighted by molar-refractivity contribution is 5.20. The molecule has 2 heterocycles. The van der Waals surface area contributed by atoms with E-state index >= 15 is 0 Å². The highest BCUT2D eigenvalue weighted by atomic mass is 16.5. The van der Waals surface area contributed by atoms with E-state index in [4.69, 9.17) is 9.26 Å². The summed E-state index contributed by atoms with van der Waals surface area (Å²) in [5.74, 6) is 1.41. The molecule has 2 rings (SSSR count). The van der Waals surface area contributed by atoms with E-state index in [1.165, 1.54) is 0 Å². The molecule has 0 spiro atoms. The molecular weight excluding hydrogens is 206 g/mol. The van der Waals surface area contributed by atoms with E-state index in [0.29, 0.717) is 12.2 Å². The molecule has 1 aromatic rings. The van der Waals surface area contributed by atoms with Crippen molar-refractivity contribution in [1.29, 1.82) is 0 Å². The first kappa shape index (κ1) is 11.2. The maximum absolute atomic E-state index is 9.63. The topological polar surface area (TPSA) is 55.5 Å². The van der Waals surface area contributed by atoms with Crippen molar-refractivity contribution in [3.05, 3.63) is 29.4 Å². The standard InChI is InChI=1S/C12H17NO3/c1-4-9(14)10-7-11(13-16-10)12(3)6-5-8(2)15-12/h5,7,9,14H,4,6H2,1-3H3. The SMILES string of the molecule is CCC(O)c1cc(C2(C)CC=C(C)O2)no1. The van der Waals surface area contributed by atoms with E-state index in [0.717, 1.165) is 17.9 Å². The summed E-state index contributed by atoms with van der Waals surface area (Å²) in [5, 5.41) is 13.6. The molecule has 0 saturated carbocycles. The second-order valence-corrected chi connectivity index (χ2v) is 4.39. The van der Waals surface area contributed by atoms with Crippen LogP contribution >= 0.6 is 0 Å². The van der Waals surface area contributed by atoms with Gasteiger partial charge in [0.05, 0.1) is 5.76 Å². The summed E-state index contributed by atoms with van der Waals surface area (Å²) in [4.78, 5) is 0. The first-order valence-electron chi connectivity index (χ1n) is 5.56. The van der Waals surface area contributed by atoms with Crippen LogP contribution in [0.4, 0.5) is 0 Å². The van der Waals surface area contributed by atoms with Crippen molar-refractivity contribution in [3.8, 4) is 0 Å². The van der Waals surface area contributed by atoms with Gasteiger partial charge >= 0.3 is 0 Å². The van der Waals surface area contributed by atoms with Crippen molar-refractivity contribution in [1.82, 2.24) is 5.16 Å². The zero-order chi connectivity index (χ0) is 11.8. The number of aromatic nitrogens is 1. The minimum absolute atomic E-state index is 0.445. The molecule has 1 N–H and O–H groups in total. The number of aliphatic hydroxyl groups is 1. The lowest BCUT2D eigenvalue weighted by molar-refractivity contribution is 0.0343. The van der Waals surface area contributed by atoms with E-state index in [1.807, 2.05) is 26.8 Å². The fourth-order valence-corrected chi connectivity index (χ4v) is 1.83. The smallest absolute Gasteiger partial charge is 0.165 e. The van der Waals surface area contributed by atoms with Gasteiger partial charge in [-0.25, -0.2) is 0 Å². The highest BCUT2D eigenvalue weighted by Crippen LogP contribution is 2.37. The molecule has 0 aromatic carbocycles. The number of hydrogen-bond donors (Lipinski definition) is 1. The maximum atomic E-state index is 9.63. The first-order valence-corrected chi connectivity index (χ1v) is 5.56. The van der Waals surface area contributed by atoms with Crippen molar-refractivity contribution in [2.24, 2.45) is 0 Å². The molecule has 4 nitrogen and oxygen atoms in total. The van der Waals surface area contributed by atoms with Crippen LogP contribution < -0.4 is 0 Å². The summed E-state index contributed by atoms with van der Waals surface area (Å²) >= 11 is 0. The normalized spacial score (nSPS) is 26.4. The monoisotopic (exact) mass is 223 g/mol. The fourth-order valence-electron chi connectivity index (χ4n) is 1.83. The number of hydrogen-bond acceptors (Lipinski definition) is 4. The predicted octanol–water partition coefficient (Wildman–Crippen LogP) is 2.66. The van der Waals surface area contributed by atoms with Crippen molar-refractivity contribution >= 4 is 0 Å². The Balaban J connectivity index is 2.19. The van der Waals surface area contributed by atoms with Crippen LogP contribution in [0.25, 0.3) is 0 Å². The van der Waals surface area contributed by atoms with Crippen LogP contribution in [0.2, 0.25) is 0 Å². The van der Waals surface area contributed by atoms with Gasteiger partial charge in [-0.2, -0.15) is 0 Å². The molecule has 88 valence electrons. The third-order valence-electron chi connectivity index (χ3n) is 2.95. The van der Waals surface area contributed by atoms with E-state index in [-0.39, 0.29) is 0 Å². The van der Waals surface area contributed by atoms with Gasteiger partial charge in [-0.15, -0.1) is 0 Å². The molecular formula is C12H17NO3. The molecule has 2 unspecified atom stereocenters. The minimum Gasteiger partial charge on any atom is -0.486 e. The van der Waals surface area contributed by atoms with Crippen LogP contribution in [0, 0.1) is 0 Å². The molecule has 0 amide bonds. The molecule has 1 aliphatic heterocycles. The van der Waals surface area contributed by atoms with Gasteiger partial charge in [0.1, 0.15) is 11.8 Å². The molecule has 0 fully saturated rings. The Morgan fingerprint density at radius 2 is 2.38 bits per heavy atom. The first-order chi connectivity index (χ1) is 7.55. The molecule has 1 aliphatic rings. The largest absolute Gasteiger partial charge is 0.486 e. The van der Waals surface area contributed by atoms with Gasteiger partial charge in [-0.1, -0.05) is 12.1 Å². The lowest BCUT2D eigenvalue weighted by atomic mass is 9.99. The van der Waals surface area contributed by atoms with E-state index in [2.05, 4.69) is 5.16 Å². The van der Waals surface area contributed by atoms with Gasteiger partial charge in [-0.3, -0.25) is 0 Å². The average molecular weight is 223 g/mol. The van der Waals surface area contributed by atoms with Crippen LogP contribution in [0.15, 0.2) is 22.4 Å². The Labute approximate surface area is 94.9 Å². The second-order valence-electron chi connectivity index (χ2n) is 4.39. The molecule has 4 heteroatoms. The summed E-state index contributed by atoms with van der Waals surface area (Å²) < 4.78 is 10.8. The number of aliphatic hydroxyl groups excluding tert-OH is 1. The quantitative estimate of drug-likeness (QED) is 0.855. The maximum Gasteiger partial charge on any atom is 0.165 e. The van der Waals surface area contributed by atoms with Crippen molar-refractivity contribution in [2.75, 3.05) is 0 Å². The summed E-state index contributed by atoms with van der Waals surface area (Å²) in [6.07, 6.45) is 2.85. The van der Waals surface area contributed by atoms with Crippen molar-refractivity contribution in [3.63, 3.8) is 0 Å². The third kappa shape index (κ3) is 1.85. The Kier molecular flexibility index (Phi) is 2.76. The zero-order valence-corrected chi connectivity index (χ0v) is 9.86. The van der Waals surface area contributed by atoms with Gasteiger partial charge in [0, 0.05) is 12.5 Å². The molecule has 0 bridgehead atoms. The van der Waals surface area contributed by atoms with Crippen LogP contribution in [-0.4, -0.2) is 10.3 Å². The zero-order valence-electron chi connectivity index (χ0n) is 9.86. The third-order valence-corrected chi connectivity index (χ3v) is 2.95. The summed E-state index contributed by atoms with van der Waals surface area (Å²) in [6.45, 7) is 5.79. The highest BCUT2D eigenvalue weighted by Gasteiger charge is 2.35. The Morgan fingerprint density at radius 1 is 1.62 bits per heavy atom. The van der Waals surface area contributed by atoms with Crippen molar-refractivity contribution in [2.45, 2.75) is 45.3 Å².